The lowest BCUT2D eigenvalue weighted by Crippen LogP contribution is -2.40. The van der Waals surface area contributed by atoms with Gasteiger partial charge in [-0.2, -0.15) is 0 Å². The number of thiazole rings is 1. The maximum absolute atomic E-state index is 14.1. The number of nitrogens with zero attached hydrogens (tertiary/aromatic N) is 2. The molecule has 8 nitrogen and oxygen atoms in total. The Morgan fingerprint density at radius 3 is 2.38 bits per heavy atom. The normalized spacial score (nSPS) is 14.8. The van der Waals surface area contributed by atoms with Crippen molar-refractivity contribution in [1.82, 2.24) is 4.57 Å². The zero-order valence-corrected chi connectivity index (χ0v) is 24.9. The van der Waals surface area contributed by atoms with Crippen LogP contribution in [-0.2, 0) is 9.53 Å². The number of benzene rings is 3. The molecule has 0 aliphatic carbocycles. The smallest absolute Gasteiger partial charge is 0.338 e. The van der Waals surface area contributed by atoms with Gasteiger partial charge < -0.3 is 18.9 Å². The second-order valence-electron chi connectivity index (χ2n) is 9.78. The second-order valence-corrected chi connectivity index (χ2v) is 10.8. The maximum atomic E-state index is 14.1. The number of fused-ring (bicyclic) bond motifs is 1. The van der Waals surface area contributed by atoms with E-state index in [0.29, 0.717) is 37.9 Å². The zero-order valence-electron chi connectivity index (χ0n) is 24.1. The minimum absolute atomic E-state index is 0.0150. The summed E-state index contributed by atoms with van der Waals surface area (Å²) in [6, 6.07) is 21.6. The Kier molecular flexibility index (Phi) is 8.59. The van der Waals surface area contributed by atoms with Crippen LogP contribution < -0.4 is 29.1 Å². The SMILES string of the molecule is CCOC(=O)C1=C(c2ccccc2)N=c2s/c(=C\c3ccc(OC(C)C)c(OC)c3)c(=O)n2[C@H]1c1ccc(OC)cc1. The lowest BCUT2D eigenvalue weighted by molar-refractivity contribution is -0.138. The third kappa shape index (κ3) is 5.73. The van der Waals surface area contributed by atoms with Crippen molar-refractivity contribution in [3.63, 3.8) is 0 Å². The summed E-state index contributed by atoms with van der Waals surface area (Å²) < 4.78 is 24.3. The van der Waals surface area contributed by atoms with Gasteiger partial charge in [-0.3, -0.25) is 9.36 Å². The maximum Gasteiger partial charge on any atom is 0.338 e. The largest absolute Gasteiger partial charge is 0.497 e. The quantitative estimate of drug-likeness (QED) is 0.264. The lowest BCUT2D eigenvalue weighted by atomic mass is 9.93. The molecular weight excluding hydrogens is 552 g/mol. The third-order valence-corrected chi connectivity index (χ3v) is 7.64. The highest BCUT2D eigenvalue weighted by Crippen LogP contribution is 2.36. The molecule has 42 heavy (non-hydrogen) atoms. The van der Waals surface area contributed by atoms with E-state index in [2.05, 4.69) is 0 Å². The summed E-state index contributed by atoms with van der Waals surface area (Å²) in [4.78, 5) is 33.0. The standard InChI is InChI=1S/C33H32N2O6S/c1-6-40-32(37)28-29(22-10-8-7-9-11-22)34-33-35(30(28)23-13-15-24(38-4)16-14-23)31(36)27(42-33)19-21-12-17-25(41-20(2)3)26(18-21)39-5/h7-20,30H,6H2,1-5H3/b27-19-/t30-/m0/s1. The van der Waals surface area contributed by atoms with Crippen LogP contribution in [0.4, 0.5) is 0 Å². The van der Waals surface area contributed by atoms with Gasteiger partial charge in [0.1, 0.15) is 5.75 Å². The summed E-state index contributed by atoms with van der Waals surface area (Å²) in [6.45, 7) is 5.83. The number of aromatic nitrogens is 1. The minimum atomic E-state index is -0.764. The van der Waals surface area contributed by atoms with E-state index < -0.39 is 12.0 Å². The first-order valence-electron chi connectivity index (χ1n) is 13.6. The molecule has 0 fully saturated rings. The van der Waals surface area contributed by atoms with Gasteiger partial charge in [0.15, 0.2) is 16.3 Å². The predicted octanol–water partition coefficient (Wildman–Crippen LogP) is 4.74. The van der Waals surface area contributed by atoms with Crippen LogP contribution in [0.3, 0.4) is 0 Å². The molecule has 0 saturated heterocycles. The van der Waals surface area contributed by atoms with Gasteiger partial charge in [-0.05, 0) is 62.2 Å². The molecule has 5 rings (SSSR count). The summed E-state index contributed by atoms with van der Waals surface area (Å²) in [5.41, 5.74) is 2.74. The average Bonchev–Trinajstić information content (AvgIpc) is 3.31. The lowest BCUT2D eigenvalue weighted by Gasteiger charge is -2.26. The van der Waals surface area contributed by atoms with Crippen LogP contribution in [-0.4, -0.2) is 37.5 Å². The van der Waals surface area contributed by atoms with Crippen molar-refractivity contribution in [1.29, 1.82) is 0 Å². The van der Waals surface area contributed by atoms with Crippen LogP contribution in [0.5, 0.6) is 17.2 Å². The van der Waals surface area contributed by atoms with E-state index in [-0.39, 0.29) is 18.3 Å². The Balaban J connectivity index is 1.75. The molecule has 3 aromatic carbocycles. The van der Waals surface area contributed by atoms with Gasteiger partial charge >= 0.3 is 5.97 Å². The first kappa shape index (κ1) is 28.9. The molecule has 2 heterocycles. The molecule has 9 heteroatoms. The molecule has 0 radical (unpaired) electrons. The van der Waals surface area contributed by atoms with Gasteiger partial charge in [0.05, 0.1) is 48.8 Å². The Morgan fingerprint density at radius 1 is 1.00 bits per heavy atom. The fourth-order valence-corrected chi connectivity index (χ4v) is 5.82. The fraction of sp³-hybridized carbons (Fsp3) is 0.242. The highest BCUT2D eigenvalue weighted by atomic mass is 32.1. The first-order valence-corrected chi connectivity index (χ1v) is 14.4. The van der Waals surface area contributed by atoms with E-state index in [1.54, 1.807) is 31.8 Å². The Bertz CT molecular complexity index is 1800. The molecule has 0 amide bonds. The van der Waals surface area contributed by atoms with Crippen LogP contribution >= 0.6 is 11.3 Å². The second kappa shape index (κ2) is 12.5. The summed E-state index contributed by atoms with van der Waals surface area (Å²) in [7, 11) is 3.17. The summed E-state index contributed by atoms with van der Waals surface area (Å²) in [5, 5.41) is 0. The summed E-state index contributed by atoms with van der Waals surface area (Å²) in [6.07, 6.45) is 1.78. The number of hydrogen-bond donors (Lipinski definition) is 0. The number of hydrogen-bond acceptors (Lipinski definition) is 8. The van der Waals surface area contributed by atoms with E-state index in [1.165, 1.54) is 11.3 Å². The van der Waals surface area contributed by atoms with Crippen molar-refractivity contribution >= 4 is 29.1 Å². The Morgan fingerprint density at radius 2 is 1.74 bits per heavy atom. The highest BCUT2D eigenvalue weighted by molar-refractivity contribution is 7.07. The zero-order chi connectivity index (χ0) is 29.8. The van der Waals surface area contributed by atoms with Gasteiger partial charge in [0.25, 0.3) is 5.56 Å². The van der Waals surface area contributed by atoms with Crippen LogP contribution in [0, 0.1) is 0 Å². The molecule has 0 N–H and O–H groups in total. The topological polar surface area (TPSA) is 88.4 Å². The molecule has 216 valence electrons. The predicted molar refractivity (Wildman–Crippen MR) is 163 cm³/mol. The number of esters is 1. The molecule has 4 aromatic rings. The van der Waals surface area contributed by atoms with E-state index in [4.69, 9.17) is 23.9 Å². The Labute approximate surface area is 247 Å². The molecule has 0 saturated carbocycles. The molecule has 0 spiro atoms. The van der Waals surface area contributed by atoms with Gasteiger partial charge in [0.2, 0.25) is 0 Å². The van der Waals surface area contributed by atoms with Crippen LogP contribution in [0.1, 0.15) is 43.5 Å². The van der Waals surface area contributed by atoms with Crippen molar-refractivity contribution < 1.29 is 23.7 Å². The first-order chi connectivity index (χ1) is 20.3. The Hall–Kier alpha value is -4.63. The highest BCUT2D eigenvalue weighted by Gasteiger charge is 2.35. The van der Waals surface area contributed by atoms with Crippen molar-refractivity contribution in [3.8, 4) is 17.2 Å². The number of carbonyl (C=O) groups excluding carboxylic acids is 1. The number of rotatable bonds is 9. The molecular formula is C33H32N2O6S. The molecule has 0 bridgehead atoms. The van der Waals surface area contributed by atoms with Crippen molar-refractivity contribution in [2.24, 2.45) is 4.99 Å². The number of ether oxygens (including phenoxy) is 4. The van der Waals surface area contributed by atoms with Gasteiger partial charge in [-0.25, -0.2) is 9.79 Å². The van der Waals surface area contributed by atoms with E-state index in [9.17, 15) is 9.59 Å². The number of carbonyl (C=O) groups is 1. The van der Waals surface area contributed by atoms with E-state index in [1.807, 2.05) is 86.6 Å². The third-order valence-electron chi connectivity index (χ3n) is 6.65. The molecule has 1 atom stereocenters. The van der Waals surface area contributed by atoms with E-state index >= 15 is 0 Å². The average molecular weight is 585 g/mol. The molecule has 1 aliphatic heterocycles. The van der Waals surface area contributed by atoms with Gasteiger partial charge in [-0.15, -0.1) is 0 Å². The van der Waals surface area contributed by atoms with Crippen LogP contribution in [0.15, 0.2) is 88.2 Å². The minimum Gasteiger partial charge on any atom is -0.497 e. The summed E-state index contributed by atoms with van der Waals surface area (Å²) in [5.74, 6) is 1.32. The van der Waals surface area contributed by atoms with Crippen LogP contribution in [0.25, 0.3) is 11.8 Å². The van der Waals surface area contributed by atoms with E-state index in [0.717, 1.165) is 16.7 Å². The monoisotopic (exact) mass is 584 g/mol. The molecule has 1 aliphatic rings. The summed E-state index contributed by atoms with van der Waals surface area (Å²) >= 11 is 1.26. The molecule has 1 aromatic heterocycles. The van der Waals surface area contributed by atoms with Crippen molar-refractivity contribution in [3.05, 3.63) is 115 Å². The van der Waals surface area contributed by atoms with Gasteiger partial charge in [-0.1, -0.05) is 59.9 Å². The molecule has 0 unspecified atom stereocenters. The van der Waals surface area contributed by atoms with Crippen molar-refractivity contribution in [2.75, 3.05) is 20.8 Å². The van der Waals surface area contributed by atoms with Gasteiger partial charge in [0, 0.05) is 5.56 Å². The fourth-order valence-electron chi connectivity index (χ4n) is 4.82. The van der Waals surface area contributed by atoms with Crippen LogP contribution in [0.2, 0.25) is 0 Å². The number of methoxy groups -OCH3 is 2. The van der Waals surface area contributed by atoms with Crippen molar-refractivity contribution in [2.45, 2.75) is 32.9 Å².